The molecule has 2 fully saturated rings. The molecule has 1 saturated heterocycles. The van der Waals surface area contributed by atoms with Crippen LogP contribution in [0.5, 0.6) is 0 Å². The fourth-order valence-electron chi connectivity index (χ4n) is 6.08. The van der Waals surface area contributed by atoms with Crippen LogP contribution in [0.25, 0.3) is 0 Å². The molecule has 2 aliphatic rings. The Morgan fingerprint density at radius 1 is 0.725 bits per heavy atom. The Bertz CT molecular complexity index is 1330. The zero-order chi connectivity index (χ0) is 27.6. The molecule has 6 rings (SSSR count). The maximum absolute atomic E-state index is 11.8. The molecule has 6 heteroatoms. The third-order valence-corrected chi connectivity index (χ3v) is 20.7. The SMILES string of the molecule is CC1(C)O[C@@H]2[C@H](O1)[C@@H](NOCc1ccccc1)/C(=[CH]/[Sn]([c]1ccccc1)([c]1ccccc1)[c]1ccccc1)[C@@H]2O. The summed E-state index contributed by atoms with van der Waals surface area (Å²) in [5.74, 6) is -0.792. The average Bonchev–Trinajstić information content (AvgIpc) is 3.43. The topological polar surface area (TPSA) is 60.0 Å². The zero-order valence-corrected chi connectivity index (χ0v) is 25.7. The van der Waals surface area contributed by atoms with Gasteiger partial charge in [-0.1, -0.05) is 0 Å². The first-order valence-electron chi connectivity index (χ1n) is 13.8. The summed E-state index contributed by atoms with van der Waals surface area (Å²) in [5.41, 5.74) is 5.22. The molecule has 0 bridgehead atoms. The van der Waals surface area contributed by atoms with Gasteiger partial charge in [-0.2, -0.15) is 0 Å². The van der Waals surface area contributed by atoms with Crippen molar-refractivity contribution in [2.45, 2.75) is 50.6 Å². The average molecular weight is 640 g/mol. The van der Waals surface area contributed by atoms with Gasteiger partial charge in [0, 0.05) is 0 Å². The van der Waals surface area contributed by atoms with Gasteiger partial charge in [0.25, 0.3) is 0 Å². The van der Waals surface area contributed by atoms with E-state index in [1.807, 2.05) is 44.2 Å². The molecule has 1 saturated carbocycles. The van der Waals surface area contributed by atoms with Crippen molar-refractivity contribution in [2.75, 3.05) is 0 Å². The fraction of sp³-hybridized carbons (Fsp3) is 0.235. The molecule has 0 spiro atoms. The van der Waals surface area contributed by atoms with Gasteiger partial charge in [-0.25, -0.2) is 0 Å². The summed E-state index contributed by atoms with van der Waals surface area (Å²) < 4.78 is 18.9. The van der Waals surface area contributed by atoms with E-state index in [0.717, 1.165) is 11.1 Å². The van der Waals surface area contributed by atoms with Crippen molar-refractivity contribution < 1.29 is 19.4 Å². The van der Waals surface area contributed by atoms with Gasteiger partial charge in [0.1, 0.15) is 0 Å². The van der Waals surface area contributed by atoms with Crippen molar-refractivity contribution in [3.05, 3.63) is 137 Å². The van der Waals surface area contributed by atoms with Gasteiger partial charge in [-0.05, 0) is 0 Å². The van der Waals surface area contributed by atoms with Crippen LogP contribution in [-0.2, 0) is 20.9 Å². The van der Waals surface area contributed by atoms with Gasteiger partial charge in [-0.15, -0.1) is 0 Å². The first kappa shape index (κ1) is 27.4. The molecule has 0 radical (unpaired) electrons. The van der Waals surface area contributed by atoms with Gasteiger partial charge in [0.15, 0.2) is 0 Å². The maximum atomic E-state index is 11.8. The summed E-state index contributed by atoms with van der Waals surface area (Å²) in [5, 5.41) is 11.8. The van der Waals surface area contributed by atoms with E-state index in [4.69, 9.17) is 14.3 Å². The second-order valence-corrected chi connectivity index (χ2v) is 21.3. The van der Waals surface area contributed by atoms with E-state index in [-0.39, 0.29) is 6.04 Å². The van der Waals surface area contributed by atoms with Crippen molar-refractivity contribution in [3.63, 3.8) is 0 Å². The molecule has 4 atom stereocenters. The Morgan fingerprint density at radius 2 is 1.18 bits per heavy atom. The molecule has 1 aliphatic carbocycles. The van der Waals surface area contributed by atoms with Crippen molar-refractivity contribution in [2.24, 2.45) is 0 Å². The first-order chi connectivity index (χ1) is 19.5. The number of benzene rings is 4. The third kappa shape index (κ3) is 5.30. The molecule has 1 heterocycles. The quantitative estimate of drug-likeness (QED) is 0.228. The van der Waals surface area contributed by atoms with Gasteiger partial charge in [0.2, 0.25) is 0 Å². The van der Waals surface area contributed by atoms with E-state index in [9.17, 15) is 5.11 Å². The molecular weight excluding hydrogens is 605 g/mol. The Labute approximate surface area is 240 Å². The molecule has 204 valence electrons. The number of hydroxylamine groups is 1. The van der Waals surface area contributed by atoms with Crippen LogP contribution in [0, 0.1) is 0 Å². The van der Waals surface area contributed by atoms with Crippen molar-refractivity contribution in [1.82, 2.24) is 5.48 Å². The Morgan fingerprint density at radius 3 is 1.68 bits per heavy atom. The number of rotatable bonds is 8. The molecule has 4 aromatic carbocycles. The Kier molecular flexibility index (Phi) is 7.95. The standard InChI is InChI=1S/C16H20NO4.3C6H5.Sn/c1-10-12(17-19-9-11-7-5-4-6-8-11)14-15(13(10)18)21-16(2,3)20-14;3*1-2-4-6-5-3-1;/h1,4-8,12-15,17-18H,9H2,2-3H3;3*1-5H;/t12-,13-,14+,15-;;;;/m0..../s1. The van der Waals surface area contributed by atoms with E-state index in [1.54, 1.807) is 0 Å². The summed E-state index contributed by atoms with van der Waals surface area (Å²) >= 11 is -3.86. The predicted octanol–water partition coefficient (Wildman–Crippen LogP) is 3.61. The molecule has 4 aromatic rings. The minimum atomic E-state index is -3.86. The van der Waals surface area contributed by atoms with E-state index in [2.05, 4.69) is 101 Å². The van der Waals surface area contributed by atoms with Crippen LogP contribution in [-0.4, -0.2) is 53.6 Å². The number of ether oxygens (including phenoxy) is 2. The summed E-state index contributed by atoms with van der Waals surface area (Å²) in [7, 11) is 0. The number of aliphatic hydroxyl groups is 1. The normalized spacial score (nSPS) is 24.7. The monoisotopic (exact) mass is 641 g/mol. The molecule has 1 aliphatic heterocycles. The van der Waals surface area contributed by atoms with Crippen LogP contribution in [0.15, 0.2) is 131 Å². The molecule has 0 aromatic heterocycles. The van der Waals surface area contributed by atoms with E-state index >= 15 is 0 Å². The van der Waals surface area contributed by atoms with Crippen LogP contribution in [0.4, 0.5) is 0 Å². The van der Waals surface area contributed by atoms with Gasteiger partial charge in [0.05, 0.1) is 0 Å². The van der Waals surface area contributed by atoms with Crippen molar-refractivity contribution in [3.8, 4) is 0 Å². The molecule has 0 amide bonds. The first-order valence-corrected chi connectivity index (χ1v) is 19.7. The summed E-state index contributed by atoms with van der Waals surface area (Å²) in [6.07, 6.45) is -1.72. The van der Waals surface area contributed by atoms with Gasteiger partial charge >= 0.3 is 241 Å². The van der Waals surface area contributed by atoms with Crippen LogP contribution < -0.4 is 16.2 Å². The van der Waals surface area contributed by atoms with Crippen LogP contribution in [0.1, 0.15) is 19.4 Å². The van der Waals surface area contributed by atoms with Crippen LogP contribution in [0.3, 0.4) is 0 Å². The Balaban J connectivity index is 1.49. The second kappa shape index (κ2) is 11.6. The molecule has 0 unspecified atom stereocenters. The number of nitrogens with one attached hydrogen (secondary N) is 1. The number of fused-ring (bicyclic) bond motifs is 1. The number of aliphatic hydroxyl groups excluding tert-OH is 1. The summed E-state index contributed by atoms with van der Waals surface area (Å²) in [6, 6.07) is 41.9. The molecular formula is C34H35NO4Sn. The van der Waals surface area contributed by atoms with Crippen molar-refractivity contribution >= 4 is 29.1 Å². The fourth-order valence-corrected chi connectivity index (χ4v) is 18.9. The van der Waals surface area contributed by atoms with Gasteiger partial charge in [-0.3, -0.25) is 0 Å². The van der Waals surface area contributed by atoms with Crippen molar-refractivity contribution in [1.29, 1.82) is 0 Å². The third-order valence-electron chi connectivity index (χ3n) is 7.87. The van der Waals surface area contributed by atoms with Crippen LogP contribution >= 0.6 is 0 Å². The summed E-state index contributed by atoms with van der Waals surface area (Å²) in [6.45, 7) is 4.18. The number of hydrogen-bond donors (Lipinski definition) is 2. The van der Waals surface area contributed by atoms with E-state index < -0.39 is 42.5 Å². The molecule has 5 nitrogen and oxygen atoms in total. The van der Waals surface area contributed by atoms with E-state index in [1.165, 1.54) is 10.7 Å². The molecule has 2 N–H and O–H groups in total. The van der Waals surface area contributed by atoms with E-state index in [0.29, 0.717) is 6.61 Å². The zero-order valence-electron chi connectivity index (χ0n) is 22.8. The summed E-state index contributed by atoms with van der Waals surface area (Å²) in [4.78, 5) is 6.08. The second-order valence-electron chi connectivity index (χ2n) is 10.9. The Hall–Kier alpha value is -2.78. The van der Waals surface area contributed by atoms with Gasteiger partial charge < -0.3 is 0 Å². The van der Waals surface area contributed by atoms with Crippen LogP contribution in [0.2, 0.25) is 0 Å². The minimum absolute atomic E-state index is 0.377. The number of hydrogen-bond acceptors (Lipinski definition) is 5. The predicted molar refractivity (Wildman–Crippen MR) is 160 cm³/mol. The molecule has 40 heavy (non-hydrogen) atoms.